The van der Waals surface area contributed by atoms with Gasteiger partial charge in [0.05, 0.1) is 23.3 Å². The number of nitrogens with one attached hydrogen (secondary N) is 2. The lowest BCUT2D eigenvalue weighted by molar-refractivity contribution is -0.0655. The molecule has 0 aromatic heterocycles. The second-order valence-electron chi connectivity index (χ2n) is 3.35. The lowest BCUT2D eigenvalue weighted by Crippen LogP contribution is -2.59. The SMILES string of the molecule is CCCNC1(OCCO)NC=C(Cl)C=C1Cl. The predicted molar refractivity (Wildman–Crippen MR) is 65.1 cm³/mol. The van der Waals surface area contributed by atoms with Gasteiger partial charge in [0, 0.05) is 6.20 Å². The zero-order valence-corrected chi connectivity index (χ0v) is 10.6. The summed E-state index contributed by atoms with van der Waals surface area (Å²) in [5, 5.41) is 15.8. The molecule has 1 aliphatic rings. The Morgan fingerprint density at radius 1 is 1.56 bits per heavy atom. The van der Waals surface area contributed by atoms with Gasteiger partial charge in [-0.2, -0.15) is 0 Å². The monoisotopic (exact) mass is 266 g/mol. The van der Waals surface area contributed by atoms with Crippen molar-refractivity contribution in [1.29, 1.82) is 0 Å². The molecule has 0 aliphatic carbocycles. The third kappa shape index (κ3) is 3.37. The Morgan fingerprint density at radius 3 is 2.88 bits per heavy atom. The number of allylic oxidation sites excluding steroid dienone is 2. The average Bonchev–Trinajstić information content (AvgIpc) is 2.27. The molecular weight excluding hydrogens is 251 g/mol. The van der Waals surface area contributed by atoms with Crippen LogP contribution in [0.2, 0.25) is 0 Å². The molecule has 1 unspecified atom stereocenters. The second-order valence-corrected chi connectivity index (χ2v) is 4.19. The zero-order valence-electron chi connectivity index (χ0n) is 9.09. The van der Waals surface area contributed by atoms with Crippen LogP contribution >= 0.6 is 23.2 Å². The summed E-state index contributed by atoms with van der Waals surface area (Å²) in [5.74, 6) is -0.974. The predicted octanol–water partition coefficient (Wildman–Crippen LogP) is 1.45. The van der Waals surface area contributed by atoms with Gasteiger partial charge in [-0.1, -0.05) is 30.1 Å². The van der Waals surface area contributed by atoms with Crippen molar-refractivity contribution >= 4 is 23.2 Å². The smallest absolute Gasteiger partial charge is 0.233 e. The summed E-state index contributed by atoms with van der Waals surface area (Å²) in [6.07, 6.45) is 4.15. The number of dihydropyridines is 1. The van der Waals surface area contributed by atoms with Crippen molar-refractivity contribution in [3.05, 3.63) is 22.3 Å². The van der Waals surface area contributed by atoms with Gasteiger partial charge in [-0.05, 0) is 19.0 Å². The Morgan fingerprint density at radius 2 is 2.31 bits per heavy atom. The topological polar surface area (TPSA) is 53.5 Å². The number of aliphatic hydroxyl groups excluding tert-OH is 1. The maximum Gasteiger partial charge on any atom is 0.233 e. The van der Waals surface area contributed by atoms with Crippen molar-refractivity contribution < 1.29 is 9.84 Å². The molecule has 0 saturated carbocycles. The number of aliphatic hydroxyl groups is 1. The quantitative estimate of drug-likeness (QED) is 0.638. The van der Waals surface area contributed by atoms with Crippen LogP contribution < -0.4 is 10.6 Å². The highest BCUT2D eigenvalue weighted by Crippen LogP contribution is 2.26. The first kappa shape index (κ1) is 13.8. The van der Waals surface area contributed by atoms with E-state index in [1.165, 1.54) is 0 Å². The summed E-state index contributed by atoms with van der Waals surface area (Å²) in [6.45, 7) is 2.88. The van der Waals surface area contributed by atoms with Crippen molar-refractivity contribution in [2.45, 2.75) is 19.2 Å². The van der Waals surface area contributed by atoms with Gasteiger partial charge in [0.2, 0.25) is 5.85 Å². The van der Waals surface area contributed by atoms with Gasteiger partial charge in [-0.3, -0.25) is 5.32 Å². The molecule has 92 valence electrons. The highest BCUT2D eigenvalue weighted by Gasteiger charge is 2.35. The normalized spacial score (nSPS) is 24.8. The standard InChI is InChI=1S/C10H16Cl2N2O2/c1-2-3-13-10(16-5-4-15)9(12)6-8(11)7-14-10/h6-7,13-15H,2-5H2,1H3. The molecule has 1 atom stereocenters. The fourth-order valence-corrected chi connectivity index (χ4v) is 1.81. The van der Waals surface area contributed by atoms with E-state index in [0.717, 1.165) is 13.0 Å². The van der Waals surface area contributed by atoms with E-state index in [2.05, 4.69) is 10.6 Å². The summed E-state index contributed by atoms with van der Waals surface area (Å²) < 4.78 is 5.51. The van der Waals surface area contributed by atoms with Crippen molar-refractivity contribution in [3.8, 4) is 0 Å². The molecular formula is C10H16Cl2N2O2. The molecule has 0 spiro atoms. The third-order valence-corrected chi connectivity index (χ3v) is 2.64. The minimum Gasteiger partial charge on any atom is -0.394 e. The van der Waals surface area contributed by atoms with E-state index in [1.807, 2.05) is 6.92 Å². The molecule has 0 bridgehead atoms. The number of rotatable bonds is 6. The van der Waals surface area contributed by atoms with Crippen LogP contribution in [-0.2, 0) is 4.74 Å². The lowest BCUT2D eigenvalue weighted by Gasteiger charge is -2.36. The van der Waals surface area contributed by atoms with E-state index in [9.17, 15) is 0 Å². The average molecular weight is 267 g/mol. The first-order valence-corrected chi connectivity index (χ1v) is 5.91. The summed E-state index contributed by atoms with van der Waals surface area (Å²) in [5.41, 5.74) is 0. The van der Waals surface area contributed by atoms with Crippen molar-refractivity contribution in [2.75, 3.05) is 19.8 Å². The van der Waals surface area contributed by atoms with Crippen LogP contribution in [0.3, 0.4) is 0 Å². The zero-order chi connectivity index (χ0) is 12.0. The van der Waals surface area contributed by atoms with Crippen LogP contribution in [0, 0.1) is 0 Å². The molecule has 1 heterocycles. The summed E-state index contributed by atoms with van der Waals surface area (Å²) >= 11 is 11.9. The van der Waals surface area contributed by atoms with Crippen LogP contribution in [0.15, 0.2) is 22.3 Å². The van der Waals surface area contributed by atoms with Gasteiger partial charge < -0.3 is 15.2 Å². The number of halogens is 2. The van der Waals surface area contributed by atoms with Crippen LogP contribution in [0.25, 0.3) is 0 Å². The van der Waals surface area contributed by atoms with Crippen LogP contribution in [0.4, 0.5) is 0 Å². The molecule has 0 saturated heterocycles. The Balaban J connectivity index is 2.75. The van der Waals surface area contributed by atoms with Gasteiger partial charge in [-0.25, -0.2) is 0 Å². The first-order chi connectivity index (χ1) is 7.64. The largest absolute Gasteiger partial charge is 0.394 e. The minimum atomic E-state index is -0.974. The molecule has 1 rings (SSSR count). The summed E-state index contributed by atoms with van der Waals surface area (Å²) in [7, 11) is 0. The molecule has 1 aliphatic heterocycles. The van der Waals surface area contributed by atoms with Crippen molar-refractivity contribution in [2.24, 2.45) is 0 Å². The van der Waals surface area contributed by atoms with Crippen LogP contribution in [0.5, 0.6) is 0 Å². The van der Waals surface area contributed by atoms with Gasteiger partial charge in [0.15, 0.2) is 0 Å². The molecule has 3 N–H and O–H groups in total. The fourth-order valence-electron chi connectivity index (χ4n) is 1.30. The lowest BCUT2D eigenvalue weighted by atomic mass is 10.2. The number of ether oxygens (including phenoxy) is 1. The van der Waals surface area contributed by atoms with Gasteiger partial charge >= 0.3 is 0 Å². The van der Waals surface area contributed by atoms with Crippen molar-refractivity contribution in [3.63, 3.8) is 0 Å². The van der Waals surface area contributed by atoms with E-state index in [4.69, 9.17) is 33.0 Å². The number of hydrogen-bond donors (Lipinski definition) is 3. The molecule has 6 heteroatoms. The van der Waals surface area contributed by atoms with E-state index in [0.29, 0.717) is 10.1 Å². The molecule has 0 fully saturated rings. The minimum absolute atomic E-state index is 0.0706. The highest BCUT2D eigenvalue weighted by atomic mass is 35.5. The summed E-state index contributed by atoms with van der Waals surface area (Å²) in [6, 6.07) is 0. The molecule has 16 heavy (non-hydrogen) atoms. The van der Waals surface area contributed by atoms with E-state index in [-0.39, 0.29) is 13.2 Å². The Labute approximate surface area is 105 Å². The van der Waals surface area contributed by atoms with Crippen LogP contribution in [0.1, 0.15) is 13.3 Å². The fraction of sp³-hybridized carbons (Fsp3) is 0.600. The van der Waals surface area contributed by atoms with Crippen molar-refractivity contribution in [1.82, 2.24) is 10.6 Å². The second kappa shape index (κ2) is 6.47. The molecule has 0 amide bonds. The summed E-state index contributed by atoms with van der Waals surface area (Å²) in [4.78, 5) is 0. The third-order valence-electron chi connectivity index (χ3n) is 2.05. The maximum atomic E-state index is 8.79. The molecule has 0 aromatic carbocycles. The Bertz CT molecular complexity index is 285. The highest BCUT2D eigenvalue weighted by molar-refractivity contribution is 6.35. The van der Waals surface area contributed by atoms with E-state index < -0.39 is 5.85 Å². The van der Waals surface area contributed by atoms with Crippen LogP contribution in [-0.4, -0.2) is 30.7 Å². The van der Waals surface area contributed by atoms with E-state index >= 15 is 0 Å². The Hall–Kier alpha value is -0.260. The molecule has 0 aromatic rings. The molecule has 4 nitrogen and oxygen atoms in total. The first-order valence-electron chi connectivity index (χ1n) is 5.15. The van der Waals surface area contributed by atoms with E-state index in [1.54, 1.807) is 12.3 Å². The maximum absolute atomic E-state index is 8.79. The Kier molecular flexibility index (Phi) is 5.58. The van der Waals surface area contributed by atoms with Gasteiger partial charge in [0.1, 0.15) is 0 Å². The number of hydrogen-bond acceptors (Lipinski definition) is 4. The van der Waals surface area contributed by atoms with Gasteiger partial charge in [0.25, 0.3) is 0 Å². The molecule has 0 radical (unpaired) electrons. The van der Waals surface area contributed by atoms with Gasteiger partial charge in [-0.15, -0.1) is 0 Å².